The molecule has 0 aliphatic carbocycles. The van der Waals surface area contributed by atoms with Crippen molar-refractivity contribution >= 4 is 38.4 Å². The van der Waals surface area contributed by atoms with Crippen LogP contribution in [0.15, 0.2) is 46.9 Å². The Morgan fingerprint density at radius 2 is 1.89 bits per heavy atom. The summed E-state index contributed by atoms with van der Waals surface area (Å²) in [6.45, 7) is 0. The van der Waals surface area contributed by atoms with Crippen molar-refractivity contribution in [2.75, 3.05) is 0 Å². The minimum Gasteiger partial charge on any atom is -0.228 e. The van der Waals surface area contributed by atoms with Crippen molar-refractivity contribution in [3.05, 3.63) is 57.9 Å². The average molecular weight is 338 g/mol. The molecule has 0 bridgehead atoms. The lowest BCUT2D eigenvalue weighted by Gasteiger charge is -2.05. The minimum absolute atomic E-state index is 0.327. The van der Waals surface area contributed by atoms with Crippen molar-refractivity contribution in [3.63, 3.8) is 0 Å². The second kappa shape index (κ2) is 4.87. The van der Waals surface area contributed by atoms with E-state index in [1.54, 1.807) is 12.1 Å². The molecule has 0 saturated heterocycles. The zero-order valence-corrected chi connectivity index (χ0v) is 11.9. The Bertz CT molecular complexity index is 776. The first kappa shape index (κ1) is 12.5. The van der Waals surface area contributed by atoms with Gasteiger partial charge < -0.3 is 0 Å². The molecule has 0 aliphatic heterocycles. The van der Waals surface area contributed by atoms with E-state index in [-0.39, 0.29) is 5.82 Å². The maximum absolute atomic E-state index is 13.2. The second-order valence-corrected chi connectivity index (χ2v) is 5.28. The first-order valence-corrected chi connectivity index (χ1v) is 6.69. The van der Waals surface area contributed by atoms with Gasteiger partial charge in [-0.1, -0.05) is 39.7 Å². The van der Waals surface area contributed by atoms with Crippen molar-refractivity contribution in [1.82, 2.24) is 9.97 Å². The van der Waals surface area contributed by atoms with Crippen molar-refractivity contribution < 1.29 is 4.39 Å². The summed E-state index contributed by atoms with van der Waals surface area (Å²) in [5.41, 5.74) is 1.32. The quantitative estimate of drug-likeness (QED) is 0.593. The molecule has 19 heavy (non-hydrogen) atoms. The van der Waals surface area contributed by atoms with Gasteiger partial charge >= 0.3 is 0 Å². The fourth-order valence-corrected chi connectivity index (χ4v) is 2.41. The molecule has 2 aromatic carbocycles. The van der Waals surface area contributed by atoms with Crippen LogP contribution in [-0.2, 0) is 0 Å². The molecule has 0 unspecified atom stereocenters. The van der Waals surface area contributed by atoms with Gasteiger partial charge in [-0.2, -0.15) is 0 Å². The molecule has 3 aromatic rings. The SMILES string of the molecule is Fc1cccc(-c2nc(Cl)c3ccc(Br)cc3n2)c1. The topological polar surface area (TPSA) is 25.8 Å². The molecule has 5 heteroatoms. The standard InChI is InChI=1S/C14H7BrClFN2/c15-9-4-5-11-12(7-9)18-14(19-13(11)16)8-2-1-3-10(17)6-8/h1-7H. The van der Waals surface area contributed by atoms with Crippen LogP contribution in [0.3, 0.4) is 0 Å². The molecule has 94 valence electrons. The minimum atomic E-state index is -0.327. The zero-order chi connectivity index (χ0) is 13.4. The Hall–Kier alpha value is -1.52. The van der Waals surface area contributed by atoms with Gasteiger partial charge in [0.15, 0.2) is 5.82 Å². The summed E-state index contributed by atoms with van der Waals surface area (Å²) in [6.07, 6.45) is 0. The molecule has 0 aliphatic rings. The van der Waals surface area contributed by atoms with Crippen LogP contribution < -0.4 is 0 Å². The highest BCUT2D eigenvalue weighted by molar-refractivity contribution is 9.10. The molecule has 0 saturated carbocycles. The average Bonchev–Trinajstić information content (AvgIpc) is 2.38. The van der Waals surface area contributed by atoms with E-state index in [9.17, 15) is 4.39 Å². The number of rotatable bonds is 1. The lowest BCUT2D eigenvalue weighted by Crippen LogP contribution is -1.92. The van der Waals surface area contributed by atoms with E-state index in [1.807, 2.05) is 18.2 Å². The summed E-state index contributed by atoms with van der Waals surface area (Å²) in [5.74, 6) is 0.0849. The van der Waals surface area contributed by atoms with Crippen molar-refractivity contribution in [2.24, 2.45) is 0 Å². The Balaban J connectivity index is 2.25. The largest absolute Gasteiger partial charge is 0.228 e. The second-order valence-electron chi connectivity index (χ2n) is 4.01. The van der Waals surface area contributed by atoms with Gasteiger partial charge in [-0.25, -0.2) is 14.4 Å². The van der Waals surface area contributed by atoms with E-state index in [0.717, 1.165) is 9.86 Å². The van der Waals surface area contributed by atoms with Gasteiger partial charge in [0, 0.05) is 15.4 Å². The fraction of sp³-hybridized carbons (Fsp3) is 0. The molecule has 2 nitrogen and oxygen atoms in total. The number of nitrogens with zero attached hydrogens (tertiary/aromatic N) is 2. The van der Waals surface area contributed by atoms with E-state index in [1.165, 1.54) is 12.1 Å². The third-order valence-electron chi connectivity index (χ3n) is 2.70. The van der Waals surface area contributed by atoms with E-state index in [4.69, 9.17) is 11.6 Å². The highest BCUT2D eigenvalue weighted by Gasteiger charge is 2.08. The maximum atomic E-state index is 13.2. The normalized spacial score (nSPS) is 10.9. The van der Waals surface area contributed by atoms with E-state index in [2.05, 4.69) is 25.9 Å². The van der Waals surface area contributed by atoms with Gasteiger partial charge in [-0.3, -0.25) is 0 Å². The van der Waals surface area contributed by atoms with Crippen LogP contribution in [0.5, 0.6) is 0 Å². The molecular weight excluding hydrogens is 331 g/mol. The summed E-state index contributed by atoms with van der Waals surface area (Å²) >= 11 is 9.53. The Morgan fingerprint density at radius 3 is 2.68 bits per heavy atom. The summed E-state index contributed by atoms with van der Waals surface area (Å²) in [7, 11) is 0. The number of aromatic nitrogens is 2. The summed E-state index contributed by atoms with van der Waals surface area (Å²) in [4.78, 5) is 8.63. The summed E-state index contributed by atoms with van der Waals surface area (Å²) in [6, 6.07) is 11.7. The van der Waals surface area contributed by atoms with E-state index >= 15 is 0 Å². The molecule has 0 atom stereocenters. The third kappa shape index (κ3) is 2.46. The number of fused-ring (bicyclic) bond motifs is 1. The smallest absolute Gasteiger partial charge is 0.161 e. The number of halogens is 3. The van der Waals surface area contributed by atoms with Crippen molar-refractivity contribution in [2.45, 2.75) is 0 Å². The molecule has 3 rings (SSSR count). The molecule has 1 aromatic heterocycles. The van der Waals surface area contributed by atoms with Crippen LogP contribution >= 0.6 is 27.5 Å². The first-order chi connectivity index (χ1) is 9.13. The maximum Gasteiger partial charge on any atom is 0.161 e. The van der Waals surface area contributed by atoms with Gasteiger partial charge in [0.25, 0.3) is 0 Å². The number of benzene rings is 2. The third-order valence-corrected chi connectivity index (χ3v) is 3.48. The number of hydrogen-bond acceptors (Lipinski definition) is 2. The van der Waals surface area contributed by atoms with Gasteiger partial charge in [0.05, 0.1) is 5.52 Å². The molecular formula is C14H7BrClFN2. The summed E-state index contributed by atoms with van der Waals surface area (Å²) < 4.78 is 14.1. The van der Waals surface area contributed by atoms with Gasteiger partial charge in [0.2, 0.25) is 0 Å². The van der Waals surface area contributed by atoms with Gasteiger partial charge in [-0.05, 0) is 30.3 Å². The fourth-order valence-electron chi connectivity index (χ4n) is 1.82. The highest BCUT2D eigenvalue weighted by atomic mass is 79.9. The highest BCUT2D eigenvalue weighted by Crippen LogP contribution is 2.27. The lowest BCUT2D eigenvalue weighted by molar-refractivity contribution is 0.628. The van der Waals surface area contributed by atoms with E-state index < -0.39 is 0 Å². The van der Waals surface area contributed by atoms with Crippen LogP contribution in [0.2, 0.25) is 5.15 Å². The zero-order valence-electron chi connectivity index (χ0n) is 9.57. The first-order valence-electron chi connectivity index (χ1n) is 5.52. The van der Waals surface area contributed by atoms with Crippen LogP contribution in [0, 0.1) is 5.82 Å². The van der Waals surface area contributed by atoms with Crippen LogP contribution in [0.1, 0.15) is 0 Å². The van der Waals surface area contributed by atoms with Crippen LogP contribution in [0.25, 0.3) is 22.3 Å². The molecule has 1 heterocycles. The van der Waals surface area contributed by atoms with Crippen molar-refractivity contribution in [1.29, 1.82) is 0 Å². The molecule has 0 spiro atoms. The van der Waals surface area contributed by atoms with Gasteiger partial charge in [0.1, 0.15) is 11.0 Å². The predicted octanol–water partition coefficient (Wildman–Crippen LogP) is 4.85. The molecule has 0 fully saturated rings. The Labute approximate surface area is 122 Å². The monoisotopic (exact) mass is 336 g/mol. The molecule has 0 radical (unpaired) electrons. The molecule has 0 N–H and O–H groups in total. The van der Waals surface area contributed by atoms with Crippen LogP contribution in [0.4, 0.5) is 4.39 Å². The van der Waals surface area contributed by atoms with Gasteiger partial charge in [-0.15, -0.1) is 0 Å². The van der Waals surface area contributed by atoms with Crippen molar-refractivity contribution in [3.8, 4) is 11.4 Å². The lowest BCUT2D eigenvalue weighted by atomic mass is 10.2. The molecule has 0 amide bonds. The van der Waals surface area contributed by atoms with E-state index in [0.29, 0.717) is 22.1 Å². The summed E-state index contributed by atoms with van der Waals surface area (Å²) in [5, 5.41) is 1.13. The Kier molecular flexibility index (Phi) is 3.21. The number of hydrogen-bond donors (Lipinski definition) is 0. The predicted molar refractivity (Wildman–Crippen MR) is 77.6 cm³/mol. The van der Waals surface area contributed by atoms with Crippen LogP contribution in [-0.4, -0.2) is 9.97 Å². The Morgan fingerprint density at radius 1 is 1.05 bits per heavy atom.